The van der Waals surface area contributed by atoms with Crippen LogP contribution in [0.3, 0.4) is 0 Å². The molecule has 1 aliphatic heterocycles. The zero-order valence-corrected chi connectivity index (χ0v) is 16.9. The van der Waals surface area contributed by atoms with E-state index in [1.54, 1.807) is 0 Å². The molecule has 0 bridgehead atoms. The summed E-state index contributed by atoms with van der Waals surface area (Å²) in [6, 6.07) is 5.55. The summed E-state index contributed by atoms with van der Waals surface area (Å²) >= 11 is 0. The van der Waals surface area contributed by atoms with Crippen molar-refractivity contribution in [2.45, 2.75) is 45.8 Å². The minimum absolute atomic E-state index is 0.109. The molecule has 2 rings (SSSR count). The number of rotatable bonds is 8. The lowest BCUT2D eigenvalue weighted by Gasteiger charge is -2.28. The van der Waals surface area contributed by atoms with E-state index >= 15 is 0 Å². The molecular formula is C20H32N4O3. The van der Waals surface area contributed by atoms with Gasteiger partial charge >= 0.3 is 6.03 Å². The van der Waals surface area contributed by atoms with Gasteiger partial charge in [0.15, 0.2) is 0 Å². The molecule has 2 N–H and O–H groups in total. The normalized spacial score (nSPS) is 16.1. The smallest absolute Gasteiger partial charge is 0.319 e. The Kier molecular flexibility index (Phi) is 7.91. The Labute approximate surface area is 162 Å². The number of ether oxygens (including phenoxy) is 1. The second-order valence-electron chi connectivity index (χ2n) is 6.99. The first-order valence-electron chi connectivity index (χ1n) is 9.69. The average Bonchev–Trinajstić information content (AvgIpc) is 3.13. The minimum atomic E-state index is -0.234. The van der Waals surface area contributed by atoms with Gasteiger partial charge in [-0.15, -0.1) is 0 Å². The molecule has 1 unspecified atom stereocenters. The van der Waals surface area contributed by atoms with Crippen LogP contribution in [0, 0.1) is 0 Å². The molecule has 1 fully saturated rings. The number of nitrogens with one attached hydrogen (secondary N) is 2. The van der Waals surface area contributed by atoms with Crippen LogP contribution in [0.25, 0.3) is 0 Å². The van der Waals surface area contributed by atoms with Crippen molar-refractivity contribution in [2.75, 3.05) is 44.0 Å². The van der Waals surface area contributed by atoms with Crippen LogP contribution in [-0.4, -0.2) is 56.7 Å². The Hall–Kier alpha value is -2.28. The number of carbonyl (C=O) groups excluding carboxylic acids is 2. The third kappa shape index (κ3) is 6.13. The van der Waals surface area contributed by atoms with Crippen LogP contribution in [-0.2, 0) is 16.1 Å². The topological polar surface area (TPSA) is 73.9 Å². The summed E-state index contributed by atoms with van der Waals surface area (Å²) in [5, 5.41) is 5.57. The van der Waals surface area contributed by atoms with Crippen molar-refractivity contribution in [3.05, 3.63) is 23.8 Å². The fraction of sp³-hybridized carbons (Fsp3) is 0.600. The van der Waals surface area contributed by atoms with Crippen LogP contribution >= 0.6 is 0 Å². The molecule has 7 nitrogen and oxygen atoms in total. The predicted molar refractivity (Wildman–Crippen MR) is 108 cm³/mol. The highest BCUT2D eigenvalue weighted by Crippen LogP contribution is 2.25. The van der Waals surface area contributed by atoms with Crippen LogP contribution in [0.15, 0.2) is 18.2 Å². The SMILES string of the molecule is CCNC(=O)Nc1ccc(N(C)C)c(CN(CC2CCCO2)C(=O)CC)c1. The fourth-order valence-electron chi connectivity index (χ4n) is 3.28. The van der Waals surface area contributed by atoms with Gasteiger partial charge in [0, 0.05) is 58.1 Å². The first kappa shape index (κ1) is 21.0. The number of hydrogen-bond acceptors (Lipinski definition) is 4. The summed E-state index contributed by atoms with van der Waals surface area (Å²) in [5.41, 5.74) is 2.73. The quantitative estimate of drug-likeness (QED) is 0.732. The third-order valence-corrected chi connectivity index (χ3v) is 4.62. The second-order valence-corrected chi connectivity index (χ2v) is 6.99. The number of nitrogens with zero attached hydrogens (tertiary/aromatic N) is 2. The van der Waals surface area contributed by atoms with Crippen LogP contribution in [0.4, 0.5) is 16.2 Å². The lowest BCUT2D eigenvalue weighted by Crippen LogP contribution is -2.37. The zero-order valence-electron chi connectivity index (χ0n) is 16.9. The molecule has 1 heterocycles. The Morgan fingerprint density at radius 3 is 2.63 bits per heavy atom. The van der Waals surface area contributed by atoms with Gasteiger partial charge in [-0.25, -0.2) is 4.79 Å². The van der Waals surface area contributed by atoms with E-state index in [0.29, 0.717) is 31.7 Å². The number of hydrogen-bond donors (Lipinski definition) is 2. The maximum atomic E-state index is 12.5. The van der Waals surface area contributed by atoms with Crippen molar-refractivity contribution in [1.82, 2.24) is 10.2 Å². The minimum Gasteiger partial charge on any atom is -0.377 e. The zero-order chi connectivity index (χ0) is 19.8. The second kappa shape index (κ2) is 10.2. The molecule has 7 heteroatoms. The number of urea groups is 1. The van der Waals surface area contributed by atoms with Crippen LogP contribution in [0.1, 0.15) is 38.7 Å². The molecule has 0 spiro atoms. The largest absolute Gasteiger partial charge is 0.377 e. The summed E-state index contributed by atoms with van der Waals surface area (Å²) in [7, 11) is 3.95. The van der Waals surface area contributed by atoms with Gasteiger partial charge < -0.3 is 25.2 Å². The summed E-state index contributed by atoms with van der Waals surface area (Å²) in [6.07, 6.45) is 2.61. The molecule has 0 aromatic heterocycles. The number of anilines is 2. The summed E-state index contributed by atoms with van der Waals surface area (Å²) < 4.78 is 5.73. The summed E-state index contributed by atoms with van der Waals surface area (Å²) in [6.45, 7) is 6.19. The Morgan fingerprint density at radius 1 is 1.26 bits per heavy atom. The lowest BCUT2D eigenvalue weighted by molar-refractivity contribution is -0.133. The average molecular weight is 377 g/mol. The Morgan fingerprint density at radius 2 is 2.04 bits per heavy atom. The van der Waals surface area contributed by atoms with Crippen molar-refractivity contribution in [2.24, 2.45) is 0 Å². The number of amides is 3. The van der Waals surface area contributed by atoms with E-state index in [2.05, 4.69) is 10.6 Å². The molecule has 1 aromatic rings. The standard InChI is InChI=1S/C20H32N4O3/c1-5-19(25)24(14-17-8-7-11-27-17)13-15-12-16(22-20(26)21-6-2)9-10-18(15)23(3)4/h9-10,12,17H,5-8,11,13-14H2,1-4H3,(H2,21,22,26). The van der Waals surface area contributed by atoms with Gasteiger partial charge in [0.2, 0.25) is 5.91 Å². The van der Waals surface area contributed by atoms with Crippen molar-refractivity contribution in [3.63, 3.8) is 0 Å². The fourth-order valence-corrected chi connectivity index (χ4v) is 3.28. The molecule has 3 amide bonds. The number of carbonyl (C=O) groups is 2. The van der Waals surface area contributed by atoms with Gasteiger partial charge in [-0.05, 0) is 43.5 Å². The van der Waals surface area contributed by atoms with Crippen molar-refractivity contribution < 1.29 is 14.3 Å². The molecule has 1 atom stereocenters. The third-order valence-electron chi connectivity index (χ3n) is 4.62. The van der Waals surface area contributed by atoms with E-state index in [4.69, 9.17) is 4.74 Å². The highest BCUT2D eigenvalue weighted by atomic mass is 16.5. The van der Waals surface area contributed by atoms with E-state index in [0.717, 1.165) is 30.7 Å². The number of benzene rings is 1. The van der Waals surface area contributed by atoms with Gasteiger partial charge in [0.25, 0.3) is 0 Å². The molecule has 150 valence electrons. The first-order chi connectivity index (χ1) is 12.9. The highest BCUT2D eigenvalue weighted by molar-refractivity contribution is 5.89. The molecule has 27 heavy (non-hydrogen) atoms. The van der Waals surface area contributed by atoms with Crippen molar-refractivity contribution in [1.29, 1.82) is 0 Å². The van der Waals surface area contributed by atoms with Gasteiger partial charge in [-0.1, -0.05) is 6.92 Å². The first-order valence-corrected chi connectivity index (χ1v) is 9.69. The van der Waals surface area contributed by atoms with Gasteiger partial charge in [0.05, 0.1) is 6.10 Å². The molecule has 1 aliphatic rings. The van der Waals surface area contributed by atoms with E-state index in [9.17, 15) is 9.59 Å². The monoisotopic (exact) mass is 376 g/mol. The van der Waals surface area contributed by atoms with E-state index in [-0.39, 0.29) is 18.0 Å². The van der Waals surface area contributed by atoms with Gasteiger partial charge in [-0.2, -0.15) is 0 Å². The summed E-state index contributed by atoms with van der Waals surface area (Å²) in [5.74, 6) is 0.109. The van der Waals surface area contributed by atoms with E-state index in [1.807, 2.05) is 55.9 Å². The Bertz CT molecular complexity index is 642. The maximum absolute atomic E-state index is 12.5. The maximum Gasteiger partial charge on any atom is 0.319 e. The lowest BCUT2D eigenvalue weighted by atomic mass is 10.1. The van der Waals surface area contributed by atoms with Crippen molar-refractivity contribution >= 4 is 23.3 Å². The van der Waals surface area contributed by atoms with E-state index in [1.165, 1.54) is 0 Å². The molecular weight excluding hydrogens is 344 g/mol. The van der Waals surface area contributed by atoms with Crippen LogP contribution in [0.5, 0.6) is 0 Å². The predicted octanol–water partition coefficient (Wildman–Crippen LogP) is 2.81. The molecule has 0 saturated carbocycles. The van der Waals surface area contributed by atoms with E-state index < -0.39 is 0 Å². The van der Waals surface area contributed by atoms with Gasteiger partial charge in [-0.3, -0.25) is 4.79 Å². The molecule has 0 aliphatic carbocycles. The van der Waals surface area contributed by atoms with Crippen molar-refractivity contribution in [3.8, 4) is 0 Å². The van der Waals surface area contributed by atoms with Crippen LogP contribution in [0.2, 0.25) is 0 Å². The van der Waals surface area contributed by atoms with Gasteiger partial charge in [0.1, 0.15) is 0 Å². The summed E-state index contributed by atoms with van der Waals surface area (Å²) in [4.78, 5) is 28.2. The van der Waals surface area contributed by atoms with Crippen LogP contribution < -0.4 is 15.5 Å². The molecule has 0 radical (unpaired) electrons. The molecule has 1 aromatic carbocycles. The highest BCUT2D eigenvalue weighted by Gasteiger charge is 2.23. The Balaban J connectivity index is 2.22. The molecule has 1 saturated heterocycles.